The van der Waals surface area contributed by atoms with Gasteiger partial charge < -0.3 is 25.8 Å². The first-order chi connectivity index (χ1) is 10.2. The Kier molecular flexibility index (Phi) is 6.03. The smallest absolute Gasteiger partial charge is 0.407 e. The van der Waals surface area contributed by atoms with E-state index in [2.05, 4.69) is 10.6 Å². The molecule has 4 N–H and O–H groups in total. The summed E-state index contributed by atoms with van der Waals surface area (Å²) in [6, 6.07) is 6.32. The number of benzene rings is 1. The topological polar surface area (TPSA) is 103 Å². The molecule has 0 fully saturated rings. The van der Waals surface area contributed by atoms with Crippen LogP contribution in [0.1, 0.15) is 20.8 Å². The monoisotopic (exact) mass is 309 g/mol. The number of ether oxygens (including phenoxy) is 2. The Balaban J connectivity index is 2.67. The first kappa shape index (κ1) is 17.6. The van der Waals surface area contributed by atoms with Gasteiger partial charge in [0.2, 0.25) is 5.91 Å². The lowest BCUT2D eigenvalue weighted by molar-refractivity contribution is -0.118. The van der Waals surface area contributed by atoms with Crippen molar-refractivity contribution in [3.8, 4) is 5.75 Å². The van der Waals surface area contributed by atoms with Gasteiger partial charge in [0.15, 0.2) is 0 Å². The number of alkyl carbamates (subject to hydrolysis) is 1. The summed E-state index contributed by atoms with van der Waals surface area (Å²) >= 11 is 0. The molecular weight excluding hydrogens is 286 g/mol. The van der Waals surface area contributed by atoms with E-state index in [1.54, 1.807) is 39.0 Å². The highest BCUT2D eigenvalue weighted by Crippen LogP contribution is 2.23. The fraction of sp³-hybridized carbons (Fsp3) is 0.467. The number of anilines is 1. The van der Waals surface area contributed by atoms with Gasteiger partial charge >= 0.3 is 6.09 Å². The Labute approximate surface area is 130 Å². The van der Waals surface area contributed by atoms with Crippen LogP contribution >= 0.6 is 0 Å². The Hall–Kier alpha value is -2.44. The van der Waals surface area contributed by atoms with Crippen LogP contribution in [0.5, 0.6) is 5.75 Å². The minimum Gasteiger partial charge on any atom is -0.495 e. The maximum atomic E-state index is 11.6. The average molecular weight is 309 g/mol. The number of primary amides is 1. The molecule has 0 saturated heterocycles. The third-order valence-electron chi connectivity index (χ3n) is 2.63. The van der Waals surface area contributed by atoms with Gasteiger partial charge in [-0.05, 0) is 32.9 Å². The molecular formula is C15H23N3O4. The van der Waals surface area contributed by atoms with Crippen molar-refractivity contribution in [1.29, 1.82) is 0 Å². The highest BCUT2D eigenvalue weighted by molar-refractivity contribution is 5.84. The second-order valence-electron chi connectivity index (χ2n) is 5.68. The van der Waals surface area contributed by atoms with Gasteiger partial charge in [-0.25, -0.2) is 4.79 Å². The Bertz CT molecular complexity index is 526. The van der Waals surface area contributed by atoms with E-state index in [0.29, 0.717) is 11.4 Å². The van der Waals surface area contributed by atoms with Crippen molar-refractivity contribution in [2.75, 3.05) is 19.0 Å². The molecule has 0 radical (unpaired) electrons. The summed E-state index contributed by atoms with van der Waals surface area (Å²) in [4.78, 5) is 23.2. The number of carbonyl (C=O) groups excluding carboxylic acids is 2. The van der Waals surface area contributed by atoms with E-state index in [1.807, 2.05) is 6.07 Å². The summed E-state index contributed by atoms with van der Waals surface area (Å²) in [5, 5.41) is 5.46. The lowest BCUT2D eigenvalue weighted by Crippen LogP contribution is -2.46. The molecule has 1 aromatic rings. The molecule has 1 atom stereocenters. The molecule has 7 heteroatoms. The van der Waals surface area contributed by atoms with Gasteiger partial charge in [0.05, 0.1) is 19.3 Å². The van der Waals surface area contributed by atoms with Crippen LogP contribution in [0.4, 0.5) is 10.5 Å². The van der Waals surface area contributed by atoms with Gasteiger partial charge in [-0.2, -0.15) is 0 Å². The van der Waals surface area contributed by atoms with Crippen molar-refractivity contribution >= 4 is 17.7 Å². The van der Waals surface area contributed by atoms with Gasteiger partial charge in [0, 0.05) is 0 Å². The molecule has 0 aliphatic rings. The third-order valence-corrected chi connectivity index (χ3v) is 2.63. The second kappa shape index (κ2) is 7.53. The molecule has 1 rings (SSSR count). The predicted molar refractivity (Wildman–Crippen MR) is 83.8 cm³/mol. The zero-order valence-electron chi connectivity index (χ0n) is 13.3. The maximum absolute atomic E-state index is 11.6. The van der Waals surface area contributed by atoms with E-state index >= 15 is 0 Å². The minimum absolute atomic E-state index is 0.00228. The molecule has 0 aliphatic carbocycles. The van der Waals surface area contributed by atoms with Crippen LogP contribution in [-0.2, 0) is 9.53 Å². The predicted octanol–water partition coefficient (Wildman–Crippen LogP) is 1.49. The number of para-hydroxylation sites is 2. The lowest BCUT2D eigenvalue weighted by atomic mass is 10.2. The van der Waals surface area contributed by atoms with Gasteiger partial charge in [-0.3, -0.25) is 4.79 Å². The van der Waals surface area contributed by atoms with E-state index in [9.17, 15) is 9.59 Å². The van der Waals surface area contributed by atoms with Gasteiger partial charge in [0.1, 0.15) is 17.4 Å². The maximum Gasteiger partial charge on any atom is 0.407 e. The molecule has 0 saturated carbocycles. The van der Waals surface area contributed by atoms with E-state index in [-0.39, 0.29) is 6.54 Å². The number of nitrogens with one attached hydrogen (secondary N) is 2. The number of amides is 2. The minimum atomic E-state index is -0.788. The highest BCUT2D eigenvalue weighted by atomic mass is 16.6. The number of nitrogens with two attached hydrogens (primary N) is 1. The second-order valence-corrected chi connectivity index (χ2v) is 5.68. The van der Waals surface area contributed by atoms with Crippen molar-refractivity contribution in [2.24, 2.45) is 5.73 Å². The fourth-order valence-electron chi connectivity index (χ4n) is 1.67. The van der Waals surface area contributed by atoms with Crippen molar-refractivity contribution < 1.29 is 19.1 Å². The number of carbonyl (C=O) groups is 2. The molecule has 0 heterocycles. The quantitative estimate of drug-likeness (QED) is 0.738. The van der Waals surface area contributed by atoms with Crippen molar-refractivity contribution in [1.82, 2.24) is 5.32 Å². The zero-order valence-corrected chi connectivity index (χ0v) is 13.3. The third kappa shape index (κ3) is 5.90. The van der Waals surface area contributed by atoms with Crippen LogP contribution in [0.25, 0.3) is 0 Å². The normalized spacial score (nSPS) is 12.2. The largest absolute Gasteiger partial charge is 0.495 e. The molecule has 2 amide bonds. The first-order valence-corrected chi connectivity index (χ1v) is 6.88. The number of methoxy groups -OCH3 is 1. The summed E-state index contributed by atoms with van der Waals surface area (Å²) in [7, 11) is 1.53. The molecule has 0 bridgehead atoms. The van der Waals surface area contributed by atoms with Crippen LogP contribution in [0.3, 0.4) is 0 Å². The lowest BCUT2D eigenvalue weighted by Gasteiger charge is -2.22. The van der Waals surface area contributed by atoms with Crippen LogP contribution in [0, 0.1) is 0 Å². The van der Waals surface area contributed by atoms with Gasteiger partial charge in [0.25, 0.3) is 0 Å². The molecule has 1 aromatic carbocycles. The standard InChI is InChI=1S/C15H23N3O4/c1-15(2,3)22-14(20)17-9-11(13(16)19)18-10-7-5-6-8-12(10)21-4/h5-8,11,18H,9H2,1-4H3,(H2,16,19)(H,17,20). The Morgan fingerprint density at radius 2 is 1.91 bits per heavy atom. The van der Waals surface area contributed by atoms with E-state index in [1.165, 1.54) is 7.11 Å². The van der Waals surface area contributed by atoms with E-state index in [0.717, 1.165) is 0 Å². The molecule has 22 heavy (non-hydrogen) atoms. The summed E-state index contributed by atoms with van der Waals surface area (Å²) in [6.07, 6.45) is -0.611. The molecule has 122 valence electrons. The molecule has 0 aromatic heterocycles. The Morgan fingerprint density at radius 1 is 1.27 bits per heavy atom. The molecule has 0 spiro atoms. The number of hydrogen-bond donors (Lipinski definition) is 3. The van der Waals surface area contributed by atoms with E-state index < -0.39 is 23.6 Å². The van der Waals surface area contributed by atoms with Crippen LogP contribution in [-0.4, -0.2) is 37.3 Å². The van der Waals surface area contributed by atoms with Crippen LogP contribution < -0.4 is 21.1 Å². The molecule has 1 unspecified atom stereocenters. The zero-order chi connectivity index (χ0) is 16.8. The van der Waals surface area contributed by atoms with Crippen molar-refractivity contribution in [3.05, 3.63) is 24.3 Å². The van der Waals surface area contributed by atoms with Crippen molar-refractivity contribution in [2.45, 2.75) is 32.4 Å². The summed E-state index contributed by atoms with van der Waals surface area (Å²) in [5.41, 5.74) is 5.36. The Morgan fingerprint density at radius 3 is 2.45 bits per heavy atom. The first-order valence-electron chi connectivity index (χ1n) is 6.88. The summed E-state index contributed by atoms with van der Waals surface area (Å²) < 4.78 is 10.3. The van der Waals surface area contributed by atoms with Crippen LogP contribution in [0.2, 0.25) is 0 Å². The molecule has 7 nitrogen and oxygen atoms in total. The van der Waals surface area contributed by atoms with Crippen LogP contribution in [0.15, 0.2) is 24.3 Å². The SMILES string of the molecule is COc1ccccc1NC(CNC(=O)OC(C)(C)C)C(N)=O. The van der Waals surface area contributed by atoms with Gasteiger partial charge in [-0.1, -0.05) is 12.1 Å². The average Bonchev–Trinajstić information content (AvgIpc) is 2.41. The number of rotatable bonds is 6. The van der Waals surface area contributed by atoms with Crippen molar-refractivity contribution in [3.63, 3.8) is 0 Å². The van der Waals surface area contributed by atoms with E-state index in [4.69, 9.17) is 15.2 Å². The summed E-state index contributed by atoms with van der Waals surface area (Å²) in [6.45, 7) is 5.27. The molecule has 0 aliphatic heterocycles. The number of hydrogen-bond acceptors (Lipinski definition) is 5. The highest BCUT2D eigenvalue weighted by Gasteiger charge is 2.20. The fourth-order valence-corrected chi connectivity index (χ4v) is 1.67. The summed E-state index contributed by atoms with van der Waals surface area (Å²) in [5.74, 6) is -0.0204. The van der Waals surface area contributed by atoms with Gasteiger partial charge in [-0.15, -0.1) is 0 Å².